The van der Waals surface area contributed by atoms with Gasteiger partial charge in [0.2, 0.25) is 11.8 Å². The predicted octanol–water partition coefficient (Wildman–Crippen LogP) is 2.51. The van der Waals surface area contributed by atoms with E-state index < -0.39 is 29.1 Å². The Kier molecular flexibility index (Phi) is 7.07. The Morgan fingerprint density at radius 1 is 1.22 bits per heavy atom. The van der Waals surface area contributed by atoms with Crippen molar-refractivity contribution in [2.75, 3.05) is 38.2 Å². The molecule has 0 saturated carbocycles. The van der Waals surface area contributed by atoms with Crippen molar-refractivity contribution in [3.8, 4) is 0 Å². The second-order valence-electron chi connectivity index (χ2n) is 10.2. The van der Waals surface area contributed by atoms with Gasteiger partial charge in [-0.3, -0.25) is 14.4 Å². The van der Waals surface area contributed by atoms with Gasteiger partial charge >= 0.3 is 0 Å². The fourth-order valence-electron chi connectivity index (χ4n) is 6.48. The zero-order valence-electron chi connectivity index (χ0n) is 21.0. The van der Waals surface area contributed by atoms with Gasteiger partial charge in [-0.1, -0.05) is 30.7 Å². The standard InChI is InChI=1S/C27H34ClN3O5/c1-6-12-29(5)23(33)20-21-24(34)31(14-15-32)22(27(21)16-17(3)26(20,4)36-27)25(35)30(13-7-2)19-10-8-18(28)9-11-19/h6-11,17,20-22,32H,1-2,12-16H2,3-5H3/t17?,20-,21+,22?,26+,27?/m1/s1. The highest BCUT2D eigenvalue weighted by molar-refractivity contribution is 6.30. The second-order valence-corrected chi connectivity index (χ2v) is 10.6. The van der Waals surface area contributed by atoms with Gasteiger partial charge in [-0.25, -0.2) is 0 Å². The Labute approximate surface area is 217 Å². The van der Waals surface area contributed by atoms with Gasteiger partial charge in [-0.2, -0.15) is 0 Å². The van der Waals surface area contributed by atoms with Crippen LogP contribution < -0.4 is 4.90 Å². The van der Waals surface area contributed by atoms with E-state index in [9.17, 15) is 19.5 Å². The van der Waals surface area contributed by atoms with E-state index in [1.54, 1.807) is 53.3 Å². The molecule has 8 nitrogen and oxygen atoms in total. The molecular weight excluding hydrogens is 482 g/mol. The summed E-state index contributed by atoms with van der Waals surface area (Å²) in [5.74, 6) is -2.53. The van der Waals surface area contributed by atoms with Gasteiger partial charge in [0.05, 0.1) is 24.0 Å². The number of rotatable bonds is 9. The lowest BCUT2D eigenvalue weighted by Gasteiger charge is -2.38. The van der Waals surface area contributed by atoms with Gasteiger partial charge < -0.3 is 24.5 Å². The molecule has 3 aliphatic rings. The fourth-order valence-corrected chi connectivity index (χ4v) is 6.61. The molecule has 0 aliphatic carbocycles. The Morgan fingerprint density at radius 2 is 1.86 bits per heavy atom. The number of hydrogen-bond acceptors (Lipinski definition) is 5. The van der Waals surface area contributed by atoms with Crippen LogP contribution in [0.25, 0.3) is 0 Å². The number of aliphatic hydroxyl groups excluding tert-OH is 1. The molecule has 3 saturated heterocycles. The van der Waals surface area contributed by atoms with Gasteiger partial charge in [0, 0.05) is 37.4 Å². The number of hydrogen-bond donors (Lipinski definition) is 1. The van der Waals surface area contributed by atoms with Crippen molar-refractivity contribution < 1.29 is 24.2 Å². The third kappa shape index (κ3) is 3.78. The molecule has 3 aliphatic heterocycles. The number of likely N-dealkylation sites (N-methyl/N-ethyl adjacent to an activating group) is 1. The zero-order valence-corrected chi connectivity index (χ0v) is 21.8. The van der Waals surface area contributed by atoms with Crippen LogP contribution in [0.3, 0.4) is 0 Å². The lowest BCUT2D eigenvalue weighted by atomic mass is 9.62. The highest BCUT2D eigenvalue weighted by atomic mass is 35.5. The predicted molar refractivity (Wildman–Crippen MR) is 137 cm³/mol. The third-order valence-electron chi connectivity index (χ3n) is 8.15. The lowest BCUT2D eigenvalue weighted by Crippen LogP contribution is -2.57. The van der Waals surface area contributed by atoms with Crippen molar-refractivity contribution in [1.82, 2.24) is 9.80 Å². The van der Waals surface area contributed by atoms with Crippen LogP contribution in [0.15, 0.2) is 49.6 Å². The molecule has 6 atom stereocenters. The first kappa shape index (κ1) is 26.4. The minimum absolute atomic E-state index is 0.0338. The van der Waals surface area contributed by atoms with E-state index in [2.05, 4.69) is 13.2 Å². The van der Waals surface area contributed by atoms with Crippen molar-refractivity contribution >= 4 is 35.0 Å². The maximum Gasteiger partial charge on any atom is 0.253 e. The van der Waals surface area contributed by atoms with Crippen molar-refractivity contribution in [2.24, 2.45) is 17.8 Å². The maximum absolute atomic E-state index is 14.3. The van der Waals surface area contributed by atoms with Crippen LogP contribution in [0.2, 0.25) is 5.02 Å². The highest BCUT2D eigenvalue weighted by Crippen LogP contribution is 2.65. The second kappa shape index (κ2) is 9.65. The maximum atomic E-state index is 14.3. The first-order valence-corrected chi connectivity index (χ1v) is 12.6. The van der Waals surface area contributed by atoms with Crippen LogP contribution in [0.4, 0.5) is 5.69 Å². The highest BCUT2D eigenvalue weighted by Gasteiger charge is 2.80. The number of ether oxygens (including phenoxy) is 1. The van der Waals surface area contributed by atoms with Crippen LogP contribution in [-0.2, 0) is 19.1 Å². The zero-order chi connectivity index (χ0) is 26.4. The van der Waals surface area contributed by atoms with E-state index in [1.165, 1.54) is 4.90 Å². The van der Waals surface area contributed by atoms with Crippen LogP contribution in [0, 0.1) is 17.8 Å². The number of amides is 3. The average molecular weight is 516 g/mol. The molecule has 1 aromatic carbocycles. The van der Waals surface area contributed by atoms with Crippen LogP contribution in [0.5, 0.6) is 0 Å². The number of carbonyl (C=O) groups is 3. The monoisotopic (exact) mass is 515 g/mol. The van der Waals surface area contributed by atoms with E-state index in [0.717, 1.165) is 0 Å². The molecule has 1 N–H and O–H groups in total. The molecular formula is C27H34ClN3O5. The largest absolute Gasteiger partial charge is 0.395 e. The molecule has 9 heteroatoms. The van der Waals surface area contributed by atoms with Gasteiger partial charge in [0.15, 0.2) is 0 Å². The summed E-state index contributed by atoms with van der Waals surface area (Å²) < 4.78 is 6.70. The van der Waals surface area contributed by atoms with E-state index in [0.29, 0.717) is 23.7 Å². The molecule has 3 heterocycles. The van der Waals surface area contributed by atoms with E-state index >= 15 is 0 Å². The van der Waals surface area contributed by atoms with E-state index in [-0.39, 0.29) is 43.3 Å². The number of benzene rings is 1. The van der Waals surface area contributed by atoms with Crippen molar-refractivity contribution in [3.05, 3.63) is 54.6 Å². The summed E-state index contributed by atoms with van der Waals surface area (Å²) >= 11 is 6.07. The summed E-state index contributed by atoms with van der Waals surface area (Å²) in [6.45, 7) is 11.6. The van der Waals surface area contributed by atoms with Crippen LogP contribution in [0.1, 0.15) is 20.3 Å². The molecule has 0 radical (unpaired) electrons. The number of nitrogens with zero attached hydrogens (tertiary/aromatic N) is 3. The molecule has 1 aromatic rings. The van der Waals surface area contributed by atoms with Gasteiger partial charge in [-0.05, 0) is 43.5 Å². The Morgan fingerprint density at radius 3 is 2.44 bits per heavy atom. The quantitative estimate of drug-likeness (QED) is 0.510. The molecule has 3 unspecified atom stereocenters. The van der Waals surface area contributed by atoms with E-state index in [4.69, 9.17) is 16.3 Å². The normalized spacial score (nSPS) is 32.4. The molecule has 3 fully saturated rings. The summed E-state index contributed by atoms with van der Waals surface area (Å²) in [7, 11) is 1.68. The molecule has 36 heavy (non-hydrogen) atoms. The number of carbonyl (C=O) groups excluding carboxylic acids is 3. The number of fused-ring (bicyclic) bond motifs is 1. The minimum Gasteiger partial charge on any atom is -0.395 e. The molecule has 194 valence electrons. The number of anilines is 1. The van der Waals surface area contributed by atoms with Gasteiger partial charge in [-0.15, -0.1) is 13.2 Å². The van der Waals surface area contributed by atoms with Crippen molar-refractivity contribution in [2.45, 2.75) is 37.5 Å². The van der Waals surface area contributed by atoms with E-state index in [1.807, 2.05) is 13.8 Å². The molecule has 1 spiro atoms. The molecule has 2 bridgehead atoms. The smallest absolute Gasteiger partial charge is 0.253 e. The fraction of sp³-hybridized carbons (Fsp3) is 0.519. The SMILES string of the molecule is C=CCN(C)C(=O)[C@H]1[C@H]2C(=O)N(CCO)C(C(=O)N(CC=C)c3ccc(Cl)cc3)C23CC(C)[C@]1(C)O3. The first-order chi connectivity index (χ1) is 17.1. The number of likely N-dealkylation sites (tertiary alicyclic amines) is 1. The summed E-state index contributed by atoms with van der Waals surface area (Å²) in [5, 5.41) is 10.4. The Balaban J connectivity index is 1.82. The summed E-state index contributed by atoms with van der Waals surface area (Å²) in [4.78, 5) is 46.3. The average Bonchev–Trinajstić information content (AvgIpc) is 3.35. The number of aliphatic hydroxyl groups is 1. The minimum atomic E-state index is -1.18. The van der Waals surface area contributed by atoms with Crippen LogP contribution in [-0.4, -0.2) is 83.2 Å². The third-order valence-corrected chi connectivity index (χ3v) is 8.40. The molecule has 3 amide bonds. The first-order valence-electron chi connectivity index (χ1n) is 12.2. The lowest BCUT2D eigenvalue weighted by molar-refractivity contribution is -0.150. The topological polar surface area (TPSA) is 90.4 Å². The van der Waals surface area contributed by atoms with Gasteiger partial charge in [0.1, 0.15) is 11.6 Å². The molecule has 4 rings (SSSR count). The summed E-state index contributed by atoms with van der Waals surface area (Å²) in [5.41, 5.74) is -1.48. The van der Waals surface area contributed by atoms with Crippen molar-refractivity contribution in [3.63, 3.8) is 0 Å². The summed E-state index contributed by atoms with van der Waals surface area (Å²) in [6, 6.07) is 5.86. The Hall–Kier alpha value is -2.68. The number of β-amino-alcohol motifs (C(OH)–C–C–N with tert-alkyl or cyclic N) is 1. The summed E-state index contributed by atoms with van der Waals surface area (Å²) in [6.07, 6.45) is 3.70. The van der Waals surface area contributed by atoms with Crippen molar-refractivity contribution in [1.29, 1.82) is 0 Å². The van der Waals surface area contributed by atoms with Gasteiger partial charge in [0.25, 0.3) is 5.91 Å². The number of halogens is 1. The Bertz CT molecular complexity index is 1080. The van der Waals surface area contributed by atoms with Crippen LogP contribution >= 0.6 is 11.6 Å². The molecule has 0 aromatic heterocycles.